The van der Waals surface area contributed by atoms with Crippen molar-refractivity contribution in [1.82, 2.24) is 4.98 Å². The third-order valence-corrected chi connectivity index (χ3v) is 3.28. The second kappa shape index (κ2) is 5.58. The highest BCUT2D eigenvalue weighted by Crippen LogP contribution is 2.17. The number of amides is 1. The van der Waals surface area contributed by atoms with Gasteiger partial charge in [0.1, 0.15) is 10.4 Å². The summed E-state index contributed by atoms with van der Waals surface area (Å²) in [5, 5.41) is 2.63. The van der Waals surface area contributed by atoms with Crippen LogP contribution in [0.5, 0.6) is 0 Å². The minimum Gasteiger partial charge on any atom is -0.321 e. The maximum atomic E-state index is 13.3. The molecular weight excluding hydrogens is 367 g/mol. The predicted octanol–water partition coefficient (Wildman–Crippen LogP) is 4.00. The van der Waals surface area contributed by atoms with Crippen molar-refractivity contribution in [3.8, 4) is 0 Å². The van der Waals surface area contributed by atoms with Gasteiger partial charge in [-0.25, -0.2) is 9.37 Å². The summed E-state index contributed by atoms with van der Waals surface area (Å²) >= 11 is 6.23. The van der Waals surface area contributed by atoms with E-state index >= 15 is 0 Å². The zero-order valence-electron chi connectivity index (χ0n) is 8.95. The van der Waals surface area contributed by atoms with E-state index < -0.39 is 5.82 Å². The lowest BCUT2D eigenvalue weighted by Crippen LogP contribution is -2.12. The number of hydrogen-bond donors (Lipinski definition) is 1. The first kappa shape index (κ1) is 13.2. The van der Waals surface area contributed by atoms with Crippen LogP contribution in [0.25, 0.3) is 0 Å². The van der Waals surface area contributed by atoms with E-state index in [2.05, 4.69) is 42.2 Å². The molecule has 0 saturated heterocycles. The average Bonchev–Trinajstić information content (AvgIpc) is 2.35. The maximum absolute atomic E-state index is 13.3. The van der Waals surface area contributed by atoms with Crippen LogP contribution in [0, 0.1) is 5.82 Å². The summed E-state index contributed by atoms with van der Waals surface area (Å²) in [5.41, 5.74) is 0.796. The molecule has 0 saturated carbocycles. The molecule has 2 aromatic rings. The van der Waals surface area contributed by atoms with Crippen LogP contribution in [0.15, 0.2) is 45.6 Å². The Morgan fingerprint density at radius 2 is 2.00 bits per heavy atom. The van der Waals surface area contributed by atoms with Gasteiger partial charge in [0, 0.05) is 5.56 Å². The van der Waals surface area contributed by atoms with E-state index in [9.17, 15) is 9.18 Å². The molecule has 0 aliphatic rings. The monoisotopic (exact) mass is 372 g/mol. The number of anilines is 1. The van der Waals surface area contributed by atoms with E-state index in [4.69, 9.17) is 0 Å². The van der Waals surface area contributed by atoms with Gasteiger partial charge in [0.05, 0.1) is 16.4 Å². The molecular formula is C12H7Br2FN2O. The molecule has 0 aliphatic heterocycles. The van der Waals surface area contributed by atoms with Crippen molar-refractivity contribution < 1.29 is 9.18 Å². The number of rotatable bonds is 2. The van der Waals surface area contributed by atoms with Crippen LogP contribution in [0.1, 0.15) is 10.4 Å². The van der Waals surface area contributed by atoms with Crippen molar-refractivity contribution in [2.45, 2.75) is 0 Å². The van der Waals surface area contributed by atoms with Crippen LogP contribution in [-0.2, 0) is 0 Å². The zero-order chi connectivity index (χ0) is 13.1. The summed E-state index contributed by atoms with van der Waals surface area (Å²) in [6.07, 6.45) is 1.51. The molecule has 2 rings (SSSR count). The molecule has 0 atom stereocenters. The van der Waals surface area contributed by atoms with Gasteiger partial charge < -0.3 is 5.32 Å². The number of nitrogens with zero attached hydrogens (tertiary/aromatic N) is 1. The molecule has 0 bridgehead atoms. The molecule has 1 heterocycles. The van der Waals surface area contributed by atoms with Crippen LogP contribution in [-0.4, -0.2) is 10.9 Å². The SMILES string of the molecule is O=C(Nc1ccc(Br)nc1)c1ccc(Br)c(F)c1. The Hall–Kier alpha value is -1.27. The number of aromatic nitrogens is 1. The van der Waals surface area contributed by atoms with Gasteiger partial charge in [-0.1, -0.05) is 0 Å². The quantitative estimate of drug-likeness (QED) is 0.808. The molecule has 0 fully saturated rings. The van der Waals surface area contributed by atoms with Crippen molar-refractivity contribution in [3.63, 3.8) is 0 Å². The highest BCUT2D eigenvalue weighted by molar-refractivity contribution is 9.10. The van der Waals surface area contributed by atoms with Crippen molar-refractivity contribution >= 4 is 43.5 Å². The lowest BCUT2D eigenvalue weighted by molar-refractivity contribution is 0.102. The summed E-state index contributed by atoms with van der Waals surface area (Å²) in [4.78, 5) is 15.8. The van der Waals surface area contributed by atoms with Crippen molar-refractivity contribution in [2.75, 3.05) is 5.32 Å². The summed E-state index contributed by atoms with van der Waals surface area (Å²) in [6.45, 7) is 0. The first-order chi connectivity index (χ1) is 8.56. The Labute approximate surface area is 120 Å². The minimum absolute atomic E-state index is 0.249. The van der Waals surface area contributed by atoms with Gasteiger partial charge in [-0.3, -0.25) is 4.79 Å². The third kappa shape index (κ3) is 3.14. The molecule has 1 N–H and O–H groups in total. The molecule has 0 unspecified atom stereocenters. The minimum atomic E-state index is -0.475. The Bertz CT molecular complexity index is 587. The third-order valence-electron chi connectivity index (χ3n) is 2.17. The molecule has 6 heteroatoms. The smallest absolute Gasteiger partial charge is 0.255 e. The van der Waals surface area contributed by atoms with Crippen molar-refractivity contribution in [2.24, 2.45) is 0 Å². The molecule has 92 valence electrons. The number of carbonyl (C=O) groups excluding carboxylic acids is 1. The normalized spacial score (nSPS) is 10.2. The van der Waals surface area contributed by atoms with Crippen LogP contribution < -0.4 is 5.32 Å². The molecule has 3 nitrogen and oxygen atoms in total. The summed E-state index contributed by atoms with van der Waals surface area (Å²) in [5.74, 6) is -0.859. The molecule has 0 spiro atoms. The number of halogens is 3. The van der Waals surface area contributed by atoms with E-state index in [-0.39, 0.29) is 11.5 Å². The Morgan fingerprint density at radius 3 is 2.61 bits per heavy atom. The summed E-state index contributed by atoms with van der Waals surface area (Å²) < 4.78 is 14.3. The number of nitrogens with one attached hydrogen (secondary N) is 1. The number of carbonyl (C=O) groups is 1. The molecule has 1 aromatic carbocycles. The number of benzene rings is 1. The van der Waals surface area contributed by atoms with Gasteiger partial charge in [0.25, 0.3) is 5.91 Å². The van der Waals surface area contributed by atoms with Gasteiger partial charge in [0.15, 0.2) is 0 Å². The van der Waals surface area contributed by atoms with E-state index in [1.54, 1.807) is 12.1 Å². The fourth-order valence-corrected chi connectivity index (χ4v) is 1.77. The van der Waals surface area contributed by atoms with Gasteiger partial charge in [-0.05, 0) is 62.2 Å². The first-order valence-electron chi connectivity index (χ1n) is 4.94. The Balaban J connectivity index is 2.16. The van der Waals surface area contributed by atoms with Gasteiger partial charge in [-0.2, -0.15) is 0 Å². The predicted molar refractivity (Wildman–Crippen MR) is 74.0 cm³/mol. The standard InChI is InChI=1S/C12H7Br2FN2O/c13-9-3-1-7(5-10(9)15)12(18)17-8-2-4-11(14)16-6-8/h1-6H,(H,17,18). The van der Waals surface area contributed by atoms with Crippen LogP contribution in [0.2, 0.25) is 0 Å². The van der Waals surface area contributed by atoms with Crippen LogP contribution in [0.3, 0.4) is 0 Å². The van der Waals surface area contributed by atoms with Crippen LogP contribution in [0.4, 0.5) is 10.1 Å². The first-order valence-corrected chi connectivity index (χ1v) is 6.53. The number of hydrogen-bond acceptors (Lipinski definition) is 2. The van der Waals surface area contributed by atoms with Gasteiger partial charge in [-0.15, -0.1) is 0 Å². The maximum Gasteiger partial charge on any atom is 0.255 e. The zero-order valence-corrected chi connectivity index (χ0v) is 12.1. The fourth-order valence-electron chi connectivity index (χ4n) is 1.29. The fraction of sp³-hybridized carbons (Fsp3) is 0. The Morgan fingerprint density at radius 1 is 1.22 bits per heavy atom. The molecule has 1 amide bonds. The molecule has 18 heavy (non-hydrogen) atoms. The molecule has 0 aliphatic carbocycles. The van der Waals surface area contributed by atoms with Gasteiger partial charge >= 0.3 is 0 Å². The highest BCUT2D eigenvalue weighted by atomic mass is 79.9. The molecule has 1 aromatic heterocycles. The van der Waals surface area contributed by atoms with E-state index in [1.807, 2.05) is 0 Å². The molecule has 0 radical (unpaired) electrons. The second-order valence-corrected chi connectivity index (χ2v) is 5.12. The van der Waals surface area contributed by atoms with Crippen LogP contribution >= 0.6 is 31.9 Å². The van der Waals surface area contributed by atoms with Crippen molar-refractivity contribution in [3.05, 3.63) is 57.0 Å². The van der Waals surface area contributed by atoms with Crippen molar-refractivity contribution in [1.29, 1.82) is 0 Å². The largest absolute Gasteiger partial charge is 0.321 e. The summed E-state index contributed by atoms with van der Waals surface area (Å²) in [6, 6.07) is 7.60. The van der Waals surface area contributed by atoms with Gasteiger partial charge in [0.2, 0.25) is 0 Å². The Kier molecular flexibility index (Phi) is 4.08. The average molecular weight is 374 g/mol. The summed E-state index contributed by atoms with van der Waals surface area (Å²) in [7, 11) is 0. The van der Waals surface area contributed by atoms with E-state index in [1.165, 1.54) is 24.4 Å². The lowest BCUT2D eigenvalue weighted by atomic mass is 10.2. The van der Waals surface area contributed by atoms with E-state index in [0.717, 1.165) is 0 Å². The number of pyridine rings is 1. The second-order valence-electron chi connectivity index (χ2n) is 3.45. The highest BCUT2D eigenvalue weighted by Gasteiger charge is 2.09. The lowest BCUT2D eigenvalue weighted by Gasteiger charge is -2.05. The van der Waals surface area contributed by atoms with E-state index in [0.29, 0.717) is 14.8 Å². The topological polar surface area (TPSA) is 42.0 Å².